The van der Waals surface area contributed by atoms with Crippen molar-refractivity contribution in [3.63, 3.8) is 0 Å². The lowest BCUT2D eigenvalue weighted by Gasteiger charge is -2.10. The summed E-state index contributed by atoms with van der Waals surface area (Å²) in [7, 11) is -3.68. The summed E-state index contributed by atoms with van der Waals surface area (Å²) in [6.07, 6.45) is 2.78. The predicted molar refractivity (Wildman–Crippen MR) is 83.8 cm³/mol. The van der Waals surface area contributed by atoms with E-state index in [-0.39, 0.29) is 16.5 Å². The minimum Gasteiger partial charge on any atom is -0.486 e. The Kier molecular flexibility index (Phi) is 4.71. The molecule has 1 aromatic carbocycles. The van der Waals surface area contributed by atoms with E-state index in [2.05, 4.69) is 9.71 Å². The van der Waals surface area contributed by atoms with E-state index >= 15 is 0 Å². The van der Waals surface area contributed by atoms with E-state index in [0.717, 1.165) is 0 Å². The van der Waals surface area contributed by atoms with Gasteiger partial charge >= 0.3 is 0 Å². The van der Waals surface area contributed by atoms with Crippen LogP contribution in [0, 0.1) is 0 Å². The molecule has 0 aliphatic carbocycles. The van der Waals surface area contributed by atoms with Crippen molar-refractivity contribution in [3.8, 4) is 5.75 Å². The minimum absolute atomic E-state index is 0.0828. The highest BCUT2D eigenvalue weighted by atomic mass is 32.2. The monoisotopic (exact) mass is 323 g/mol. The molecule has 2 aromatic rings. The van der Waals surface area contributed by atoms with Gasteiger partial charge < -0.3 is 10.5 Å². The largest absolute Gasteiger partial charge is 0.486 e. The molecule has 3 N–H and O–H groups in total. The number of ether oxygens (including phenoxy) is 1. The Morgan fingerprint density at radius 1 is 1.33 bits per heavy atom. The molecule has 0 bridgehead atoms. The zero-order valence-electron chi connectivity index (χ0n) is 10.9. The Labute approximate surface area is 128 Å². The summed E-state index contributed by atoms with van der Waals surface area (Å²) in [4.78, 5) is 4.09. The second-order valence-electron chi connectivity index (χ2n) is 4.08. The lowest BCUT2D eigenvalue weighted by atomic mass is 10.3. The summed E-state index contributed by atoms with van der Waals surface area (Å²) in [5, 5.41) is 0. The third-order valence-electron chi connectivity index (χ3n) is 2.41. The summed E-state index contributed by atoms with van der Waals surface area (Å²) in [6.45, 7) is 0.0914. The molecule has 0 saturated heterocycles. The molecule has 6 nitrogen and oxygen atoms in total. The third kappa shape index (κ3) is 4.40. The number of sulfonamides is 1. The van der Waals surface area contributed by atoms with E-state index in [1.165, 1.54) is 18.5 Å². The average molecular weight is 323 g/mol. The van der Waals surface area contributed by atoms with Crippen molar-refractivity contribution in [2.75, 3.05) is 11.3 Å². The molecule has 0 fully saturated rings. The van der Waals surface area contributed by atoms with Crippen LogP contribution in [-0.2, 0) is 10.0 Å². The maximum atomic E-state index is 12.1. The van der Waals surface area contributed by atoms with Crippen LogP contribution in [0.25, 0.3) is 0 Å². The number of benzene rings is 1. The molecule has 2 rings (SSSR count). The zero-order valence-corrected chi connectivity index (χ0v) is 12.5. The lowest BCUT2D eigenvalue weighted by molar-refractivity contribution is 0.378. The number of hydrogen-bond donors (Lipinski definition) is 2. The average Bonchev–Trinajstić information content (AvgIpc) is 2.46. The molecule has 0 atom stereocenters. The van der Waals surface area contributed by atoms with Gasteiger partial charge in [-0.05, 0) is 24.3 Å². The van der Waals surface area contributed by atoms with Gasteiger partial charge in [-0.2, -0.15) is 0 Å². The molecule has 0 radical (unpaired) electrons. The van der Waals surface area contributed by atoms with Crippen LogP contribution in [0.15, 0.2) is 53.7 Å². The third-order valence-corrected chi connectivity index (χ3v) is 3.90. The first-order valence-electron chi connectivity index (χ1n) is 5.91. The van der Waals surface area contributed by atoms with Crippen LogP contribution in [0.3, 0.4) is 0 Å². The van der Waals surface area contributed by atoms with E-state index < -0.39 is 10.0 Å². The van der Waals surface area contributed by atoms with Gasteiger partial charge in [0.25, 0.3) is 10.0 Å². The van der Waals surface area contributed by atoms with Gasteiger partial charge in [-0.15, -0.1) is 0 Å². The highest BCUT2D eigenvalue weighted by Gasteiger charge is 2.14. The molecule has 1 heterocycles. The fraction of sp³-hybridized carbons (Fsp3) is 0.0769. The molecule has 0 saturated carbocycles. The zero-order chi connectivity index (χ0) is 15.3. The van der Waals surface area contributed by atoms with Gasteiger partial charge in [0.05, 0.1) is 5.69 Å². The van der Waals surface area contributed by atoms with Crippen molar-refractivity contribution in [3.05, 3.63) is 48.8 Å². The second-order valence-corrected chi connectivity index (χ2v) is 6.28. The van der Waals surface area contributed by atoms with Gasteiger partial charge in [0.1, 0.15) is 22.2 Å². The van der Waals surface area contributed by atoms with Crippen LogP contribution in [0.1, 0.15) is 0 Å². The van der Waals surface area contributed by atoms with Crippen LogP contribution < -0.4 is 15.2 Å². The number of nitrogens with one attached hydrogen (secondary N) is 1. The van der Waals surface area contributed by atoms with Crippen molar-refractivity contribution in [2.24, 2.45) is 5.73 Å². The maximum absolute atomic E-state index is 12.1. The Morgan fingerprint density at radius 3 is 2.81 bits per heavy atom. The van der Waals surface area contributed by atoms with Gasteiger partial charge in [0.15, 0.2) is 0 Å². The number of nitrogens with zero attached hydrogens (tertiary/aromatic N) is 1. The number of nitrogens with two attached hydrogens (primary N) is 1. The quantitative estimate of drug-likeness (QED) is 0.783. The van der Waals surface area contributed by atoms with Gasteiger partial charge in [-0.25, -0.2) is 8.42 Å². The summed E-state index contributed by atoms with van der Waals surface area (Å²) in [6, 6.07) is 9.52. The topological polar surface area (TPSA) is 94.3 Å². The van der Waals surface area contributed by atoms with Gasteiger partial charge in [0, 0.05) is 18.5 Å². The molecule has 110 valence electrons. The molecule has 21 heavy (non-hydrogen) atoms. The van der Waals surface area contributed by atoms with E-state index in [1.807, 2.05) is 0 Å². The fourth-order valence-corrected chi connectivity index (χ4v) is 2.60. The molecular weight excluding hydrogens is 310 g/mol. The van der Waals surface area contributed by atoms with Crippen molar-refractivity contribution in [1.82, 2.24) is 4.98 Å². The molecule has 0 aliphatic heterocycles. The van der Waals surface area contributed by atoms with Gasteiger partial charge in [0.2, 0.25) is 0 Å². The van der Waals surface area contributed by atoms with E-state index in [9.17, 15) is 8.42 Å². The van der Waals surface area contributed by atoms with Crippen molar-refractivity contribution >= 4 is 32.9 Å². The molecule has 0 spiro atoms. The Morgan fingerprint density at radius 2 is 2.14 bits per heavy atom. The molecular formula is C13H13N3O3S2. The van der Waals surface area contributed by atoms with Crippen molar-refractivity contribution in [1.29, 1.82) is 0 Å². The predicted octanol–water partition coefficient (Wildman–Crippen LogP) is 1.55. The van der Waals surface area contributed by atoms with E-state index in [1.54, 1.807) is 30.3 Å². The normalized spacial score (nSPS) is 10.9. The molecule has 0 amide bonds. The fourth-order valence-electron chi connectivity index (χ4n) is 1.52. The van der Waals surface area contributed by atoms with Gasteiger partial charge in [-0.3, -0.25) is 9.71 Å². The van der Waals surface area contributed by atoms with Crippen LogP contribution in [0.2, 0.25) is 0 Å². The first kappa shape index (κ1) is 15.2. The van der Waals surface area contributed by atoms with Crippen LogP contribution >= 0.6 is 12.2 Å². The highest BCUT2D eigenvalue weighted by molar-refractivity contribution is 7.92. The molecule has 0 unspecified atom stereocenters. The van der Waals surface area contributed by atoms with Crippen molar-refractivity contribution in [2.45, 2.75) is 4.90 Å². The molecule has 1 aromatic heterocycles. The summed E-state index contributed by atoms with van der Waals surface area (Å²) < 4.78 is 32.1. The van der Waals surface area contributed by atoms with E-state index in [4.69, 9.17) is 22.7 Å². The Bertz CT molecular complexity index is 733. The SMILES string of the molecule is NC(=S)COc1cccc(NS(=O)(=O)c2cccnc2)c1. The smallest absolute Gasteiger partial charge is 0.263 e. The minimum atomic E-state index is -3.68. The standard InChI is InChI=1S/C13H13N3O3S2/c14-13(20)9-19-11-4-1-3-10(7-11)16-21(17,18)12-5-2-6-15-8-12/h1-8,16H,9H2,(H2,14,20). The number of aromatic nitrogens is 1. The summed E-state index contributed by atoms with van der Waals surface area (Å²) in [5.41, 5.74) is 5.72. The lowest BCUT2D eigenvalue weighted by Crippen LogP contribution is -2.18. The van der Waals surface area contributed by atoms with Crippen LogP contribution in [0.4, 0.5) is 5.69 Å². The summed E-state index contributed by atoms with van der Waals surface area (Å²) >= 11 is 4.71. The van der Waals surface area contributed by atoms with Crippen LogP contribution in [0.5, 0.6) is 5.75 Å². The first-order chi connectivity index (χ1) is 9.97. The Balaban J connectivity index is 2.16. The molecule has 0 aliphatic rings. The number of thiocarbonyl (C=S) groups is 1. The second kappa shape index (κ2) is 6.51. The van der Waals surface area contributed by atoms with E-state index in [0.29, 0.717) is 11.4 Å². The molecule has 8 heteroatoms. The summed E-state index contributed by atoms with van der Waals surface area (Å²) in [5.74, 6) is 0.467. The first-order valence-corrected chi connectivity index (χ1v) is 7.80. The highest BCUT2D eigenvalue weighted by Crippen LogP contribution is 2.20. The maximum Gasteiger partial charge on any atom is 0.263 e. The van der Waals surface area contributed by atoms with Crippen LogP contribution in [-0.4, -0.2) is 25.0 Å². The number of rotatable bonds is 6. The number of anilines is 1. The Hall–Kier alpha value is -2.19. The number of pyridine rings is 1. The number of hydrogen-bond acceptors (Lipinski definition) is 5. The van der Waals surface area contributed by atoms with Gasteiger partial charge in [-0.1, -0.05) is 18.3 Å². The van der Waals surface area contributed by atoms with Crippen molar-refractivity contribution < 1.29 is 13.2 Å².